The Morgan fingerprint density at radius 1 is 1.25 bits per heavy atom. The molecule has 132 valence electrons. The van der Waals surface area contributed by atoms with Crippen LogP contribution in [0.1, 0.15) is 19.4 Å². The molecule has 2 rings (SSSR count). The molecule has 7 nitrogen and oxygen atoms in total. The van der Waals surface area contributed by atoms with Gasteiger partial charge < -0.3 is 24.4 Å². The van der Waals surface area contributed by atoms with Crippen LogP contribution in [0.3, 0.4) is 0 Å². The van der Waals surface area contributed by atoms with Crippen molar-refractivity contribution in [3.8, 4) is 5.75 Å². The number of carbonyl (C=O) groups is 2. The molecule has 0 saturated heterocycles. The number of alkyl carbamates (subject to hydrolysis) is 1. The molecule has 0 fully saturated rings. The molecular weight excluding hydrogens is 312 g/mol. The molecule has 0 spiro atoms. The van der Waals surface area contributed by atoms with Crippen LogP contribution in [0.5, 0.6) is 5.75 Å². The first kappa shape index (κ1) is 17.9. The van der Waals surface area contributed by atoms with Crippen LogP contribution in [0.15, 0.2) is 18.2 Å². The van der Waals surface area contributed by atoms with Crippen LogP contribution in [0.2, 0.25) is 0 Å². The molecule has 0 aromatic heterocycles. The van der Waals surface area contributed by atoms with Crippen LogP contribution in [-0.2, 0) is 20.7 Å². The van der Waals surface area contributed by atoms with E-state index < -0.39 is 12.1 Å². The summed E-state index contributed by atoms with van der Waals surface area (Å²) in [5.41, 5.74) is 2.13. The SMILES string of the molecule is CCOC(=O)COc1ccc2c(c1)CC(NC(=O)OCC)CN2C. The zero-order valence-electron chi connectivity index (χ0n) is 14.3. The second kappa shape index (κ2) is 8.42. The van der Waals surface area contributed by atoms with Crippen LogP contribution in [0.4, 0.5) is 10.5 Å². The van der Waals surface area contributed by atoms with Crippen molar-refractivity contribution in [1.29, 1.82) is 0 Å². The number of hydrogen-bond acceptors (Lipinski definition) is 6. The third-order valence-corrected chi connectivity index (χ3v) is 3.68. The second-order valence-corrected chi connectivity index (χ2v) is 5.53. The van der Waals surface area contributed by atoms with Crippen LogP contribution in [-0.4, -0.2) is 51.5 Å². The van der Waals surface area contributed by atoms with Crippen LogP contribution in [0, 0.1) is 0 Å². The Kier molecular flexibility index (Phi) is 6.28. The quantitative estimate of drug-likeness (QED) is 0.797. The lowest BCUT2D eigenvalue weighted by molar-refractivity contribution is -0.145. The first-order chi connectivity index (χ1) is 11.5. The van der Waals surface area contributed by atoms with Gasteiger partial charge in [0.2, 0.25) is 0 Å². The van der Waals surface area contributed by atoms with Gasteiger partial charge in [0.25, 0.3) is 0 Å². The number of esters is 1. The van der Waals surface area contributed by atoms with E-state index in [1.54, 1.807) is 13.8 Å². The molecule has 24 heavy (non-hydrogen) atoms. The number of benzene rings is 1. The maximum absolute atomic E-state index is 11.6. The minimum absolute atomic E-state index is 0.0399. The van der Waals surface area contributed by atoms with Gasteiger partial charge in [-0.05, 0) is 44.0 Å². The molecule has 0 radical (unpaired) electrons. The largest absolute Gasteiger partial charge is 0.482 e. The highest BCUT2D eigenvalue weighted by Crippen LogP contribution is 2.29. The molecule has 1 aliphatic rings. The Labute approximate surface area is 141 Å². The standard InChI is InChI=1S/C17H24N2O5/c1-4-22-16(20)11-24-14-6-7-15-12(9-14)8-13(10-19(15)3)18-17(21)23-5-2/h6-7,9,13H,4-5,8,10-11H2,1-3H3,(H,18,21). The van der Waals surface area contributed by atoms with Crippen molar-refractivity contribution in [2.24, 2.45) is 0 Å². The van der Waals surface area contributed by atoms with Crippen LogP contribution in [0.25, 0.3) is 0 Å². The van der Waals surface area contributed by atoms with Gasteiger partial charge in [0.1, 0.15) is 5.75 Å². The average molecular weight is 336 g/mol. The Hall–Kier alpha value is -2.44. The van der Waals surface area contributed by atoms with Crippen molar-refractivity contribution >= 4 is 17.7 Å². The molecule has 1 aromatic rings. The Balaban J connectivity index is 2.02. The summed E-state index contributed by atoms with van der Waals surface area (Å²) in [7, 11) is 1.97. The maximum atomic E-state index is 11.6. The van der Waals surface area contributed by atoms with Gasteiger partial charge in [0.15, 0.2) is 6.61 Å². The molecule has 0 bridgehead atoms. The number of carbonyl (C=O) groups excluding carboxylic acids is 2. The lowest BCUT2D eigenvalue weighted by Gasteiger charge is -2.33. The molecule has 1 aromatic carbocycles. The topological polar surface area (TPSA) is 77.1 Å². The van der Waals surface area contributed by atoms with Gasteiger partial charge in [-0.15, -0.1) is 0 Å². The molecule has 1 unspecified atom stereocenters. The Bertz CT molecular complexity index is 590. The highest BCUT2D eigenvalue weighted by molar-refractivity contribution is 5.71. The van der Waals surface area contributed by atoms with E-state index in [0.29, 0.717) is 31.9 Å². The van der Waals surface area contributed by atoms with Gasteiger partial charge in [-0.2, -0.15) is 0 Å². The van der Waals surface area contributed by atoms with E-state index in [0.717, 1.165) is 11.3 Å². The fourth-order valence-electron chi connectivity index (χ4n) is 2.73. The molecule has 0 aliphatic carbocycles. The second-order valence-electron chi connectivity index (χ2n) is 5.53. The van der Waals surface area contributed by atoms with E-state index >= 15 is 0 Å². The van der Waals surface area contributed by atoms with Gasteiger partial charge in [0.05, 0.1) is 19.3 Å². The van der Waals surface area contributed by atoms with Crippen molar-refractivity contribution in [1.82, 2.24) is 5.32 Å². The first-order valence-electron chi connectivity index (χ1n) is 8.09. The first-order valence-corrected chi connectivity index (χ1v) is 8.09. The maximum Gasteiger partial charge on any atom is 0.407 e. The minimum atomic E-state index is -0.408. The molecule has 0 saturated carbocycles. The number of ether oxygens (including phenoxy) is 3. The van der Waals surface area contributed by atoms with Gasteiger partial charge in [-0.25, -0.2) is 9.59 Å². The number of anilines is 1. The van der Waals surface area contributed by atoms with Crippen molar-refractivity contribution in [3.05, 3.63) is 23.8 Å². The summed E-state index contributed by atoms with van der Waals surface area (Å²) >= 11 is 0. The normalized spacial score (nSPS) is 16.1. The molecular formula is C17H24N2O5. The summed E-state index contributed by atoms with van der Waals surface area (Å²) in [5, 5.41) is 2.86. The highest BCUT2D eigenvalue weighted by atomic mass is 16.6. The lowest BCUT2D eigenvalue weighted by Crippen LogP contribution is -2.47. The van der Waals surface area contributed by atoms with E-state index in [1.165, 1.54) is 0 Å². The molecule has 1 amide bonds. The Morgan fingerprint density at radius 3 is 2.71 bits per heavy atom. The van der Waals surface area contributed by atoms with Gasteiger partial charge >= 0.3 is 12.1 Å². The molecule has 7 heteroatoms. The van der Waals surface area contributed by atoms with Crippen molar-refractivity contribution in [2.45, 2.75) is 26.3 Å². The zero-order valence-corrected chi connectivity index (χ0v) is 14.3. The Morgan fingerprint density at radius 2 is 2.00 bits per heavy atom. The zero-order chi connectivity index (χ0) is 17.5. The number of likely N-dealkylation sites (N-methyl/N-ethyl adjacent to an activating group) is 1. The number of fused-ring (bicyclic) bond motifs is 1. The third-order valence-electron chi connectivity index (χ3n) is 3.68. The fourth-order valence-corrected chi connectivity index (χ4v) is 2.73. The monoisotopic (exact) mass is 336 g/mol. The fraction of sp³-hybridized carbons (Fsp3) is 0.529. The molecule has 1 N–H and O–H groups in total. The van der Waals surface area contributed by atoms with E-state index in [4.69, 9.17) is 14.2 Å². The summed E-state index contributed by atoms with van der Waals surface area (Å²) in [6, 6.07) is 5.63. The molecule has 1 atom stereocenters. The predicted octanol–water partition coefficient (Wildman–Crippen LogP) is 1.74. The minimum Gasteiger partial charge on any atom is -0.482 e. The van der Waals surface area contributed by atoms with Crippen LogP contribution >= 0.6 is 0 Å². The number of hydrogen-bond donors (Lipinski definition) is 1. The highest BCUT2D eigenvalue weighted by Gasteiger charge is 2.24. The summed E-state index contributed by atoms with van der Waals surface area (Å²) < 4.78 is 15.2. The number of nitrogens with one attached hydrogen (secondary N) is 1. The van der Waals surface area contributed by atoms with Crippen molar-refractivity contribution < 1.29 is 23.8 Å². The number of amides is 1. The molecule has 1 aliphatic heterocycles. The van der Waals surface area contributed by atoms with E-state index in [1.807, 2.05) is 25.2 Å². The summed E-state index contributed by atoms with van der Waals surface area (Å²) in [6.07, 6.45) is 0.267. The van der Waals surface area contributed by atoms with E-state index in [-0.39, 0.29) is 12.6 Å². The van der Waals surface area contributed by atoms with Crippen LogP contribution < -0.4 is 15.0 Å². The number of nitrogens with zero attached hydrogens (tertiary/aromatic N) is 1. The van der Waals surface area contributed by atoms with Gasteiger partial charge in [-0.3, -0.25) is 0 Å². The van der Waals surface area contributed by atoms with E-state index in [9.17, 15) is 9.59 Å². The lowest BCUT2D eigenvalue weighted by atomic mass is 9.98. The van der Waals surface area contributed by atoms with Gasteiger partial charge in [0, 0.05) is 19.3 Å². The molecule has 1 heterocycles. The average Bonchev–Trinajstić information content (AvgIpc) is 2.53. The smallest absolute Gasteiger partial charge is 0.407 e. The van der Waals surface area contributed by atoms with Crippen molar-refractivity contribution in [3.63, 3.8) is 0 Å². The van der Waals surface area contributed by atoms with E-state index in [2.05, 4.69) is 10.2 Å². The summed E-state index contributed by atoms with van der Waals surface area (Å²) in [4.78, 5) is 25.1. The summed E-state index contributed by atoms with van der Waals surface area (Å²) in [6.45, 7) is 4.79. The summed E-state index contributed by atoms with van der Waals surface area (Å²) in [5.74, 6) is 0.209. The van der Waals surface area contributed by atoms with Gasteiger partial charge in [-0.1, -0.05) is 0 Å². The third kappa shape index (κ3) is 4.78. The number of rotatable bonds is 6. The predicted molar refractivity (Wildman–Crippen MR) is 89.5 cm³/mol. The van der Waals surface area contributed by atoms with Crippen molar-refractivity contribution in [2.75, 3.05) is 38.3 Å².